The Labute approximate surface area is 272 Å². The van der Waals surface area contributed by atoms with Crippen LogP contribution in [0.1, 0.15) is 43.7 Å². The standard InChI is InChI=1S/C34H39F2N7O4/c1-3-34(44)40-27-15-28(31(45-2)16-30(27)41-11-8-22(9-12-41)42-18-23-5-6-24(19-42)47-23)39-32-17-33(38-20-37-32)43-29(10-13-46-43)25-14-21(35)4-7-26(25)36/h3-4,7,14-17,20,22-24,29H,1,5-6,8-13,18-19H2,2H3,(H,40,44)(H,37,38,39)/t23?,24?,29-/m1/s1. The molecule has 248 valence electrons. The van der Waals surface area contributed by atoms with Gasteiger partial charge in [0.05, 0.1) is 49.0 Å². The molecule has 11 nitrogen and oxygen atoms in total. The van der Waals surface area contributed by atoms with Crippen molar-refractivity contribution in [3.63, 3.8) is 0 Å². The van der Waals surface area contributed by atoms with Crippen LogP contribution in [0, 0.1) is 11.6 Å². The summed E-state index contributed by atoms with van der Waals surface area (Å²) in [7, 11) is 1.59. The molecule has 4 aliphatic heterocycles. The van der Waals surface area contributed by atoms with Crippen molar-refractivity contribution in [1.29, 1.82) is 0 Å². The molecule has 2 N–H and O–H groups in total. The number of fused-ring (bicyclic) bond motifs is 2. The van der Waals surface area contributed by atoms with E-state index in [4.69, 9.17) is 14.3 Å². The molecule has 2 bridgehead atoms. The van der Waals surface area contributed by atoms with E-state index >= 15 is 0 Å². The number of ether oxygens (including phenoxy) is 2. The average molecular weight is 648 g/mol. The summed E-state index contributed by atoms with van der Waals surface area (Å²) < 4.78 is 40.5. The number of rotatable bonds is 9. The van der Waals surface area contributed by atoms with Gasteiger partial charge in [-0.15, -0.1) is 0 Å². The van der Waals surface area contributed by atoms with E-state index in [9.17, 15) is 13.6 Å². The monoisotopic (exact) mass is 647 g/mol. The van der Waals surface area contributed by atoms with Gasteiger partial charge in [-0.2, -0.15) is 0 Å². The highest BCUT2D eigenvalue weighted by atomic mass is 19.1. The molecule has 4 aliphatic rings. The Balaban J connectivity index is 1.11. The number of piperidine rings is 1. The Morgan fingerprint density at radius 2 is 1.81 bits per heavy atom. The molecule has 5 heterocycles. The SMILES string of the molecule is C=CC(=O)Nc1cc(Nc2cc(N3OCC[C@@H]3c3cc(F)ccc3F)ncn2)c(OC)cc1N1CCC(N2CC3CCC(C2)O3)CC1. The van der Waals surface area contributed by atoms with Gasteiger partial charge in [-0.3, -0.25) is 14.5 Å². The van der Waals surface area contributed by atoms with Gasteiger partial charge in [0.15, 0.2) is 5.82 Å². The number of carbonyl (C=O) groups is 1. The lowest BCUT2D eigenvalue weighted by Gasteiger charge is -2.43. The molecule has 1 amide bonds. The first-order valence-electron chi connectivity index (χ1n) is 16.1. The summed E-state index contributed by atoms with van der Waals surface area (Å²) in [4.78, 5) is 32.0. The largest absolute Gasteiger partial charge is 0.494 e. The van der Waals surface area contributed by atoms with E-state index in [1.54, 1.807) is 13.2 Å². The summed E-state index contributed by atoms with van der Waals surface area (Å²) in [6.45, 7) is 7.63. The van der Waals surface area contributed by atoms with Crippen molar-refractivity contribution in [2.24, 2.45) is 0 Å². The van der Waals surface area contributed by atoms with Crippen LogP contribution in [-0.4, -0.2) is 78.9 Å². The van der Waals surface area contributed by atoms with E-state index in [1.807, 2.05) is 12.1 Å². The number of nitrogens with one attached hydrogen (secondary N) is 2. The van der Waals surface area contributed by atoms with Crippen molar-refractivity contribution in [3.05, 3.63) is 72.6 Å². The Morgan fingerprint density at radius 3 is 2.55 bits per heavy atom. The summed E-state index contributed by atoms with van der Waals surface area (Å²) in [5, 5.41) is 7.73. The lowest BCUT2D eigenvalue weighted by molar-refractivity contribution is -0.111. The summed E-state index contributed by atoms with van der Waals surface area (Å²) in [6, 6.07) is 8.73. The number of halogens is 2. The fourth-order valence-electron chi connectivity index (χ4n) is 7.22. The van der Waals surface area contributed by atoms with Gasteiger partial charge >= 0.3 is 0 Å². The number of likely N-dealkylation sites (tertiary alicyclic amines) is 1. The van der Waals surface area contributed by atoms with Crippen molar-refractivity contribution in [2.45, 2.75) is 56.4 Å². The van der Waals surface area contributed by atoms with Crippen molar-refractivity contribution in [2.75, 3.05) is 60.5 Å². The van der Waals surface area contributed by atoms with Crippen molar-refractivity contribution in [1.82, 2.24) is 14.9 Å². The molecule has 13 heteroatoms. The second kappa shape index (κ2) is 13.4. The van der Waals surface area contributed by atoms with E-state index in [0.29, 0.717) is 60.0 Å². The predicted octanol–water partition coefficient (Wildman–Crippen LogP) is 5.35. The number of carbonyl (C=O) groups excluding carboxylic acids is 1. The molecular formula is C34H39F2N7O4. The van der Waals surface area contributed by atoms with E-state index in [1.165, 1.54) is 23.5 Å². The lowest BCUT2D eigenvalue weighted by Crippen LogP contribution is -2.51. The van der Waals surface area contributed by atoms with Crippen LogP contribution in [0.15, 0.2) is 55.4 Å². The van der Waals surface area contributed by atoms with Crippen LogP contribution < -0.4 is 25.3 Å². The third-order valence-corrected chi connectivity index (χ3v) is 9.52. The maximum absolute atomic E-state index is 14.7. The highest BCUT2D eigenvalue weighted by Crippen LogP contribution is 2.41. The number of morpholine rings is 1. The summed E-state index contributed by atoms with van der Waals surface area (Å²) in [5.74, 6) is -0.0263. The molecule has 2 unspecified atom stereocenters. The number of anilines is 5. The van der Waals surface area contributed by atoms with Gasteiger partial charge in [-0.1, -0.05) is 6.58 Å². The number of methoxy groups -OCH3 is 1. The minimum Gasteiger partial charge on any atom is -0.494 e. The average Bonchev–Trinajstić information content (AvgIpc) is 3.72. The van der Waals surface area contributed by atoms with Crippen LogP contribution in [-0.2, 0) is 14.4 Å². The Hall–Kier alpha value is -4.33. The molecule has 0 radical (unpaired) electrons. The minimum absolute atomic E-state index is 0.191. The number of nitrogens with zero attached hydrogens (tertiary/aromatic N) is 5. The predicted molar refractivity (Wildman–Crippen MR) is 174 cm³/mol. The highest BCUT2D eigenvalue weighted by molar-refractivity contribution is 6.02. The van der Waals surface area contributed by atoms with Gasteiger partial charge in [-0.05, 0) is 56.0 Å². The van der Waals surface area contributed by atoms with Gasteiger partial charge in [-0.25, -0.2) is 23.8 Å². The van der Waals surface area contributed by atoms with Crippen molar-refractivity contribution >= 4 is 34.6 Å². The van der Waals surface area contributed by atoms with Crippen LogP contribution >= 0.6 is 0 Å². The number of hydroxylamine groups is 1. The van der Waals surface area contributed by atoms with E-state index in [-0.39, 0.29) is 11.5 Å². The van der Waals surface area contributed by atoms with Crippen LogP contribution in [0.25, 0.3) is 0 Å². The first-order valence-corrected chi connectivity index (χ1v) is 16.1. The topological polar surface area (TPSA) is 104 Å². The molecule has 0 spiro atoms. The van der Waals surface area contributed by atoms with Gasteiger partial charge in [0.25, 0.3) is 0 Å². The first kappa shape index (κ1) is 31.3. The van der Waals surface area contributed by atoms with Gasteiger partial charge in [0.1, 0.15) is 29.5 Å². The molecule has 4 fully saturated rings. The van der Waals surface area contributed by atoms with Gasteiger partial charge < -0.3 is 25.0 Å². The Kier molecular flexibility index (Phi) is 8.93. The second-order valence-corrected chi connectivity index (χ2v) is 12.4. The normalized spacial score (nSPS) is 23.2. The number of benzene rings is 2. The fraction of sp³-hybridized carbons (Fsp3) is 0.441. The molecule has 7 rings (SSSR count). The summed E-state index contributed by atoms with van der Waals surface area (Å²) in [6.07, 6.45) is 8.13. The maximum Gasteiger partial charge on any atom is 0.247 e. The Bertz CT molecular complexity index is 1620. The van der Waals surface area contributed by atoms with Crippen LogP contribution in [0.5, 0.6) is 5.75 Å². The molecule has 3 atom stereocenters. The smallest absolute Gasteiger partial charge is 0.247 e. The molecule has 0 aliphatic carbocycles. The molecule has 47 heavy (non-hydrogen) atoms. The van der Waals surface area contributed by atoms with Crippen LogP contribution in [0.3, 0.4) is 0 Å². The molecular weight excluding hydrogens is 608 g/mol. The van der Waals surface area contributed by atoms with Gasteiger partial charge in [0, 0.05) is 56.3 Å². The maximum atomic E-state index is 14.7. The van der Waals surface area contributed by atoms with Crippen molar-refractivity contribution < 1.29 is 27.9 Å². The third kappa shape index (κ3) is 6.60. The van der Waals surface area contributed by atoms with Crippen LogP contribution in [0.4, 0.5) is 37.5 Å². The zero-order valence-corrected chi connectivity index (χ0v) is 26.3. The molecule has 4 saturated heterocycles. The van der Waals surface area contributed by atoms with E-state index in [0.717, 1.165) is 69.7 Å². The Morgan fingerprint density at radius 1 is 1.02 bits per heavy atom. The van der Waals surface area contributed by atoms with Gasteiger partial charge in [0.2, 0.25) is 5.91 Å². The third-order valence-electron chi connectivity index (χ3n) is 9.52. The first-order chi connectivity index (χ1) is 22.9. The summed E-state index contributed by atoms with van der Waals surface area (Å²) in [5.41, 5.74) is 2.22. The summed E-state index contributed by atoms with van der Waals surface area (Å²) >= 11 is 0. The van der Waals surface area contributed by atoms with Crippen molar-refractivity contribution in [3.8, 4) is 5.75 Å². The highest BCUT2D eigenvalue weighted by Gasteiger charge is 2.38. The number of hydrogen-bond donors (Lipinski definition) is 2. The zero-order chi connectivity index (χ0) is 32.5. The quantitative estimate of drug-likeness (QED) is 0.296. The second-order valence-electron chi connectivity index (χ2n) is 12.4. The number of amides is 1. The van der Waals surface area contributed by atoms with Crippen LogP contribution in [0.2, 0.25) is 0 Å². The molecule has 2 aromatic carbocycles. The van der Waals surface area contributed by atoms with E-state index in [2.05, 4.69) is 37.0 Å². The fourth-order valence-corrected chi connectivity index (χ4v) is 7.22. The number of hydrogen-bond acceptors (Lipinski definition) is 10. The lowest BCUT2D eigenvalue weighted by atomic mass is 10.0. The molecule has 0 saturated carbocycles. The van der Waals surface area contributed by atoms with E-state index < -0.39 is 17.7 Å². The molecule has 1 aromatic heterocycles. The number of aromatic nitrogens is 2. The molecule has 3 aromatic rings. The minimum atomic E-state index is -0.564. The zero-order valence-electron chi connectivity index (χ0n) is 26.3.